The minimum atomic E-state index is 0.549. The summed E-state index contributed by atoms with van der Waals surface area (Å²) in [4.78, 5) is 2.13. The van der Waals surface area contributed by atoms with Crippen molar-refractivity contribution in [2.24, 2.45) is 5.41 Å². The van der Waals surface area contributed by atoms with Gasteiger partial charge in [-0.3, -0.25) is 0 Å². The lowest BCUT2D eigenvalue weighted by Crippen LogP contribution is -2.29. The molecule has 0 aliphatic heterocycles. The van der Waals surface area contributed by atoms with E-state index in [2.05, 4.69) is 62.4 Å². The van der Waals surface area contributed by atoms with E-state index in [-0.39, 0.29) is 0 Å². The maximum absolute atomic E-state index is 3.67. The molecule has 2 nitrogen and oxygen atoms in total. The number of anilines is 2. The minimum Gasteiger partial charge on any atom is -0.382 e. The molecule has 1 aromatic rings. The van der Waals surface area contributed by atoms with Gasteiger partial charge in [0.1, 0.15) is 0 Å². The highest BCUT2D eigenvalue weighted by Crippen LogP contribution is 2.36. The summed E-state index contributed by atoms with van der Waals surface area (Å²) < 4.78 is 0. The summed E-state index contributed by atoms with van der Waals surface area (Å²) in [7, 11) is 4.15. The number of nitrogens with zero attached hydrogens (tertiary/aromatic N) is 1. The van der Waals surface area contributed by atoms with Crippen LogP contribution in [-0.4, -0.2) is 20.1 Å². The molecule has 0 aromatic heterocycles. The molecule has 0 saturated heterocycles. The van der Waals surface area contributed by atoms with Crippen LogP contribution >= 0.6 is 0 Å². The third kappa shape index (κ3) is 3.41. The Morgan fingerprint density at radius 1 is 1.06 bits per heavy atom. The second kappa shape index (κ2) is 5.21. The monoisotopic (exact) mass is 246 g/mol. The summed E-state index contributed by atoms with van der Waals surface area (Å²) in [6, 6.07) is 9.39. The first kappa shape index (κ1) is 13.3. The van der Waals surface area contributed by atoms with E-state index in [1.807, 2.05) is 0 Å². The van der Waals surface area contributed by atoms with Crippen molar-refractivity contribution >= 4 is 11.4 Å². The quantitative estimate of drug-likeness (QED) is 0.862. The molecule has 0 heterocycles. The van der Waals surface area contributed by atoms with Gasteiger partial charge < -0.3 is 10.2 Å². The molecule has 1 aromatic carbocycles. The van der Waals surface area contributed by atoms with Gasteiger partial charge in [0.15, 0.2) is 0 Å². The maximum Gasteiger partial charge on any atom is 0.0362 e. The zero-order valence-electron chi connectivity index (χ0n) is 12.2. The molecule has 100 valence electrons. The van der Waals surface area contributed by atoms with Gasteiger partial charge in [-0.2, -0.15) is 0 Å². The first-order valence-corrected chi connectivity index (χ1v) is 7.00. The van der Waals surface area contributed by atoms with Crippen LogP contribution in [0.25, 0.3) is 0 Å². The van der Waals surface area contributed by atoms with Crippen molar-refractivity contribution in [1.82, 2.24) is 0 Å². The Kier molecular flexibility index (Phi) is 3.84. The molecule has 1 N–H and O–H groups in total. The summed E-state index contributed by atoms with van der Waals surface area (Å²) in [6.45, 7) is 4.77. The third-order valence-electron chi connectivity index (χ3n) is 4.09. The Bertz CT molecular complexity index is 369. The van der Waals surface area contributed by atoms with Crippen LogP contribution in [0.2, 0.25) is 0 Å². The molecule has 0 amide bonds. The summed E-state index contributed by atoms with van der Waals surface area (Å²) >= 11 is 0. The summed E-state index contributed by atoms with van der Waals surface area (Å²) in [6.07, 6.45) is 5.26. The predicted octanol–water partition coefficient (Wildman–Crippen LogP) is 4.13. The fourth-order valence-electron chi connectivity index (χ4n) is 2.64. The van der Waals surface area contributed by atoms with Gasteiger partial charge in [0, 0.05) is 31.5 Å². The minimum absolute atomic E-state index is 0.549. The van der Waals surface area contributed by atoms with Gasteiger partial charge in [-0.25, -0.2) is 0 Å². The van der Waals surface area contributed by atoms with Gasteiger partial charge in [-0.05, 0) is 55.4 Å². The van der Waals surface area contributed by atoms with Crippen molar-refractivity contribution in [3.63, 3.8) is 0 Å². The van der Waals surface area contributed by atoms with Crippen LogP contribution < -0.4 is 10.2 Å². The highest BCUT2D eigenvalue weighted by molar-refractivity contribution is 5.54. The average molecular weight is 246 g/mol. The third-order valence-corrected chi connectivity index (χ3v) is 4.09. The van der Waals surface area contributed by atoms with Crippen molar-refractivity contribution in [2.45, 2.75) is 45.6 Å². The Morgan fingerprint density at radius 2 is 1.61 bits per heavy atom. The second-order valence-electron chi connectivity index (χ2n) is 6.52. The van der Waals surface area contributed by atoms with Gasteiger partial charge in [0.25, 0.3) is 0 Å². The molecule has 1 saturated carbocycles. The van der Waals surface area contributed by atoms with Crippen LogP contribution in [0.3, 0.4) is 0 Å². The Morgan fingerprint density at radius 3 is 2.11 bits per heavy atom. The van der Waals surface area contributed by atoms with Crippen molar-refractivity contribution < 1.29 is 0 Å². The van der Waals surface area contributed by atoms with Crippen LogP contribution in [0.15, 0.2) is 24.3 Å². The van der Waals surface area contributed by atoms with Gasteiger partial charge in [-0.15, -0.1) is 0 Å². The normalized spacial score (nSPS) is 19.6. The van der Waals surface area contributed by atoms with Crippen LogP contribution in [0.5, 0.6) is 0 Å². The Balaban J connectivity index is 1.90. The molecule has 0 radical (unpaired) electrons. The van der Waals surface area contributed by atoms with Crippen LogP contribution in [-0.2, 0) is 0 Å². The van der Waals surface area contributed by atoms with E-state index in [1.165, 1.54) is 37.1 Å². The average Bonchev–Trinajstić information content (AvgIpc) is 2.33. The maximum atomic E-state index is 3.67. The molecule has 0 bridgehead atoms. The van der Waals surface area contributed by atoms with E-state index < -0.39 is 0 Å². The Labute approximate surface area is 111 Å². The molecule has 0 spiro atoms. The molecule has 1 aliphatic carbocycles. The summed E-state index contributed by atoms with van der Waals surface area (Å²) in [5, 5.41) is 3.67. The molecular weight excluding hydrogens is 220 g/mol. The Hall–Kier alpha value is -1.18. The first-order chi connectivity index (χ1) is 8.46. The van der Waals surface area contributed by atoms with E-state index in [0.29, 0.717) is 11.5 Å². The highest BCUT2D eigenvalue weighted by Gasteiger charge is 2.26. The van der Waals surface area contributed by atoms with Gasteiger partial charge >= 0.3 is 0 Å². The smallest absolute Gasteiger partial charge is 0.0362 e. The summed E-state index contributed by atoms with van der Waals surface area (Å²) in [5.74, 6) is 0. The predicted molar refractivity (Wildman–Crippen MR) is 80.4 cm³/mol. The molecule has 0 atom stereocenters. The van der Waals surface area contributed by atoms with E-state index >= 15 is 0 Å². The number of benzene rings is 1. The van der Waals surface area contributed by atoms with E-state index in [4.69, 9.17) is 0 Å². The van der Waals surface area contributed by atoms with Crippen molar-refractivity contribution in [1.29, 1.82) is 0 Å². The molecular formula is C16H26N2. The molecule has 1 aliphatic rings. The van der Waals surface area contributed by atoms with E-state index in [9.17, 15) is 0 Å². The highest BCUT2D eigenvalue weighted by atomic mass is 15.1. The number of hydrogen-bond acceptors (Lipinski definition) is 2. The number of nitrogens with one attached hydrogen (secondary N) is 1. The van der Waals surface area contributed by atoms with E-state index in [1.54, 1.807) is 0 Å². The van der Waals surface area contributed by atoms with Gasteiger partial charge in [-0.1, -0.05) is 13.8 Å². The molecule has 2 rings (SSSR count). The SMILES string of the molecule is CN(C)c1ccc(NC2CCC(C)(C)CC2)cc1. The summed E-state index contributed by atoms with van der Waals surface area (Å²) in [5.41, 5.74) is 3.06. The molecule has 2 heteroatoms. The van der Waals surface area contributed by atoms with Gasteiger partial charge in [0.05, 0.1) is 0 Å². The standard InChI is InChI=1S/C16H26N2/c1-16(2)11-9-14(10-12-16)17-13-5-7-15(8-6-13)18(3)4/h5-8,14,17H,9-12H2,1-4H3. The largest absolute Gasteiger partial charge is 0.382 e. The fraction of sp³-hybridized carbons (Fsp3) is 0.625. The molecule has 1 fully saturated rings. The molecule has 0 unspecified atom stereocenters. The van der Waals surface area contributed by atoms with Crippen molar-refractivity contribution in [2.75, 3.05) is 24.3 Å². The number of hydrogen-bond donors (Lipinski definition) is 1. The lowest BCUT2D eigenvalue weighted by atomic mass is 9.75. The zero-order chi connectivity index (χ0) is 13.2. The van der Waals surface area contributed by atoms with Crippen molar-refractivity contribution in [3.05, 3.63) is 24.3 Å². The van der Waals surface area contributed by atoms with Crippen LogP contribution in [0, 0.1) is 5.41 Å². The first-order valence-electron chi connectivity index (χ1n) is 7.00. The van der Waals surface area contributed by atoms with E-state index in [0.717, 1.165) is 0 Å². The fourth-order valence-corrected chi connectivity index (χ4v) is 2.64. The van der Waals surface area contributed by atoms with Gasteiger partial charge in [0.2, 0.25) is 0 Å². The zero-order valence-corrected chi connectivity index (χ0v) is 12.2. The topological polar surface area (TPSA) is 15.3 Å². The molecule has 18 heavy (non-hydrogen) atoms. The number of rotatable bonds is 3. The van der Waals surface area contributed by atoms with Crippen molar-refractivity contribution in [3.8, 4) is 0 Å². The van der Waals surface area contributed by atoms with Crippen LogP contribution in [0.4, 0.5) is 11.4 Å². The second-order valence-corrected chi connectivity index (χ2v) is 6.52. The lowest BCUT2D eigenvalue weighted by Gasteiger charge is -2.35. The van der Waals surface area contributed by atoms with Crippen LogP contribution in [0.1, 0.15) is 39.5 Å². The lowest BCUT2D eigenvalue weighted by molar-refractivity contribution is 0.232.